The number of benzene rings is 1. The summed E-state index contributed by atoms with van der Waals surface area (Å²) in [5.41, 5.74) is 0.866. The number of H-pyrrole nitrogens is 1. The lowest BCUT2D eigenvalue weighted by atomic mass is 10.3. The molecule has 0 radical (unpaired) electrons. The SMILES string of the molecule is O=c1[nH]n2c(=O)c3sc4nccnc4c3nc2n1-c1ccccc1. The van der Waals surface area contributed by atoms with Gasteiger partial charge in [0.1, 0.15) is 20.6 Å². The van der Waals surface area contributed by atoms with Crippen LogP contribution in [0.2, 0.25) is 0 Å². The lowest BCUT2D eigenvalue weighted by molar-refractivity contribution is 0.897. The van der Waals surface area contributed by atoms with Gasteiger partial charge >= 0.3 is 5.69 Å². The van der Waals surface area contributed by atoms with Crippen LogP contribution < -0.4 is 11.2 Å². The van der Waals surface area contributed by atoms with Crippen LogP contribution in [0.5, 0.6) is 0 Å². The molecule has 8 nitrogen and oxygen atoms in total. The van der Waals surface area contributed by atoms with Gasteiger partial charge in [0.05, 0.1) is 5.69 Å². The van der Waals surface area contributed by atoms with Crippen LogP contribution in [0.15, 0.2) is 52.3 Å². The van der Waals surface area contributed by atoms with Crippen LogP contribution in [-0.4, -0.2) is 29.1 Å². The minimum Gasteiger partial charge on any atom is -0.266 e. The molecule has 0 fully saturated rings. The monoisotopic (exact) mass is 336 g/mol. The van der Waals surface area contributed by atoms with Crippen LogP contribution in [0.25, 0.3) is 32.0 Å². The topological polar surface area (TPSA) is 97.9 Å². The van der Waals surface area contributed by atoms with E-state index in [-0.39, 0.29) is 11.3 Å². The minimum absolute atomic E-state index is 0.217. The van der Waals surface area contributed by atoms with E-state index in [0.717, 1.165) is 4.52 Å². The van der Waals surface area contributed by atoms with Gasteiger partial charge in [-0.15, -0.1) is 11.3 Å². The summed E-state index contributed by atoms with van der Waals surface area (Å²) < 4.78 is 2.93. The summed E-state index contributed by atoms with van der Waals surface area (Å²) in [7, 11) is 0. The van der Waals surface area contributed by atoms with Gasteiger partial charge in [-0.2, -0.15) is 4.52 Å². The number of rotatable bonds is 1. The molecule has 24 heavy (non-hydrogen) atoms. The fourth-order valence-electron chi connectivity index (χ4n) is 2.70. The standard InChI is InChI=1S/C15H8N6O2S/c22-13-11-9(10-12(24-11)17-7-6-16-10)18-14-20(15(23)19-21(13)14)8-4-2-1-3-5-8/h1-7H,(H,19,23). The van der Waals surface area contributed by atoms with Crippen LogP contribution in [-0.2, 0) is 0 Å². The first kappa shape index (κ1) is 13.1. The van der Waals surface area contributed by atoms with Crippen molar-refractivity contribution >= 4 is 37.7 Å². The number of aromatic amines is 1. The van der Waals surface area contributed by atoms with Crippen molar-refractivity contribution < 1.29 is 0 Å². The summed E-state index contributed by atoms with van der Waals surface area (Å²) in [4.78, 5) is 38.7. The Bertz CT molecular complexity index is 1350. The zero-order valence-electron chi connectivity index (χ0n) is 12.0. The maximum atomic E-state index is 12.7. The lowest BCUT2D eigenvalue weighted by Gasteiger charge is -2.01. The normalized spacial score (nSPS) is 11.7. The summed E-state index contributed by atoms with van der Waals surface area (Å²) in [6.07, 6.45) is 3.13. The highest BCUT2D eigenvalue weighted by Gasteiger charge is 2.18. The van der Waals surface area contributed by atoms with E-state index in [1.807, 2.05) is 18.2 Å². The summed E-state index contributed by atoms with van der Waals surface area (Å²) >= 11 is 1.21. The van der Waals surface area contributed by atoms with Crippen molar-refractivity contribution in [2.24, 2.45) is 0 Å². The molecule has 0 bridgehead atoms. The fraction of sp³-hybridized carbons (Fsp3) is 0. The van der Waals surface area contributed by atoms with Crippen molar-refractivity contribution in [1.82, 2.24) is 29.1 Å². The minimum atomic E-state index is -0.432. The number of nitrogens with one attached hydrogen (secondary N) is 1. The van der Waals surface area contributed by atoms with Crippen LogP contribution in [0.3, 0.4) is 0 Å². The van der Waals surface area contributed by atoms with Crippen LogP contribution >= 0.6 is 11.3 Å². The Morgan fingerprint density at radius 2 is 1.79 bits per heavy atom. The molecule has 0 saturated carbocycles. The average molecular weight is 336 g/mol. The number of aromatic nitrogens is 6. The summed E-state index contributed by atoms with van der Waals surface area (Å²) in [5.74, 6) is 0.217. The van der Waals surface area contributed by atoms with Crippen LogP contribution in [0.1, 0.15) is 0 Å². The Balaban J connectivity index is 2.01. The van der Waals surface area contributed by atoms with Gasteiger partial charge < -0.3 is 0 Å². The van der Waals surface area contributed by atoms with Gasteiger partial charge in [-0.3, -0.25) is 4.79 Å². The number of para-hydroxylation sites is 1. The molecule has 5 aromatic rings. The van der Waals surface area contributed by atoms with E-state index in [0.29, 0.717) is 26.3 Å². The van der Waals surface area contributed by atoms with Gasteiger partial charge in [-0.05, 0) is 12.1 Å². The first-order valence-electron chi connectivity index (χ1n) is 7.06. The zero-order chi connectivity index (χ0) is 16.3. The molecule has 4 heterocycles. The third kappa shape index (κ3) is 1.64. The fourth-order valence-corrected chi connectivity index (χ4v) is 3.67. The Kier molecular flexibility index (Phi) is 2.51. The molecule has 0 aliphatic heterocycles. The number of hydrogen-bond donors (Lipinski definition) is 1. The van der Waals surface area contributed by atoms with Crippen molar-refractivity contribution in [2.75, 3.05) is 0 Å². The van der Waals surface area contributed by atoms with Gasteiger partial charge in [0, 0.05) is 12.4 Å². The van der Waals surface area contributed by atoms with Crippen LogP contribution in [0.4, 0.5) is 0 Å². The van der Waals surface area contributed by atoms with E-state index < -0.39 is 5.69 Å². The first-order valence-corrected chi connectivity index (χ1v) is 7.88. The molecule has 4 aromatic heterocycles. The number of thiophene rings is 1. The highest BCUT2D eigenvalue weighted by atomic mass is 32.1. The highest BCUT2D eigenvalue weighted by Crippen LogP contribution is 2.27. The zero-order valence-corrected chi connectivity index (χ0v) is 12.8. The molecule has 0 amide bonds. The Labute approximate surface area is 136 Å². The van der Waals surface area contributed by atoms with Crippen molar-refractivity contribution in [1.29, 1.82) is 0 Å². The number of hydrogen-bond acceptors (Lipinski definition) is 6. The van der Waals surface area contributed by atoms with Gasteiger partial charge in [-0.25, -0.2) is 29.4 Å². The number of fused-ring (bicyclic) bond motifs is 4. The maximum Gasteiger partial charge on any atom is 0.348 e. The average Bonchev–Trinajstić information content (AvgIpc) is 3.14. The molecule has 116 valence electrons. The predicted octanol–water partition coefficient (Wildman–Crippen LogP) is 1.33. The number of nitrogens with zero attached hydrogens (tertiary/aromatic N) is 5. The molecule has 1 N–H and O–H groups in total. The van der Waals surface area contributed by atoms with E-state index in [1.165, 1.54) is 15.9 Å². The van der Waals surface area contributed by atoms with Crippen molar-refractivity contribution in [2.45, 2.75) is 0 Å². The summed E-state index contributed by atoms with van der Waals surface area (Å²) in [6.45, 7) is 0. The first-order chi connectivity index (χ1) is 11.7. The molecule has 0 aliphatic carbocycles. The lowest BCUT2D eigenvalue weighted by Crippen LogP contribution is -2.16. The van der Waals surface area contributed by atoms with Gasteiger partial charge in [-0.1, -0.05) is 18.2 Å². The Morgan fingerprint density at radius 1 is 1.00 bits per heavy atom. The van der Waals surface area contributed by atoms with Gasteiger partial charge in [0.25, 0.3) is 5.56 Å². The van der Waals surface area contributed by atoms with Crippen molar-refractivity contribution in [3.05, 3.63) is 63.6 Å². The predicted molar refractivity (Wildman–Crippen MR) is 89.9 cm³/mol. The Morgan fingerprint density at radius 3 is 2.62 bits per heavy atom. The Hall–Kier alpha value is -3.33. The molecule has 0 atom stereocenters. The maximum absolute atomic E-state index is 12.7. The molecule has 0 saturated heterocycles. The summed E-state index contributed by atoms with van der Waals surface area (Å²) in [5, 5.41) is 2.55. The third-order valence-electron chi connectivity index (χ3n) is 3.74. The molecule has 0 unspecified atom stereocenters. The smallest absolute Gasteiger partial charge is 0.266 e. The molecular weight excluding hydrogens is 328 g/mol. The van der Waals surface area contributed by atoms with Gasteiger partial charge in [0.2, 0.25) is 5.78 Å². The molecule has 1 aromatic carbocycles. The van der Waals surface area contributed by atoms with E-state index >= 15 is 0 Å². The van der Waals surface area contributed by atoms with Crippen LogP contribution in [0, 0.1) is 0 Å². The summed E-state index contributed by atoms with van der Waals surface area (Å²) in [6, 6.07) is 9.03. The highest BCUT2D eigenvalue weighted by molar-refractivity contribution is 7.25. The quantitative estimate of drug-likeness (QED) is 0.498. The molecule has 9 heteroatoms. The molecule has 5 rings (SSSR count). The molecule has 0 spiro atoms. The molecular formula is C15H8N6O2S. The largest absolute Gasteiger partial charge is 0.348 e. The van der Waals surface area contributed by atoms with E-state index in [4.69, 9.17) is 0 Å². The van der Waals surface area contributed by atoms with Crippen molar-refractivity contribution in [3.8, 4) is 5.69 Å². The second kappa shape index (κ2) is 4.59. The second-order valence-electron chi connectivity index (χ2n) is 5.13. The van der Waals surface area contributed by atoms with E-state index in [2.05, 4.69) is 20.1 Å². The van der Waals surface area contributed by atoms with Gasteiger partial charge in [0.15, 0.2) is 0 Å². The second-order valence-corrected chi connectivity index (χ2v) is 6.13. The van der Waals surface area contributed by atoms with Crippen molar-refractivity contribution in [3.63, 3.8) is 0 Å². The van der Waals surface area contributed by atoms with E-state index in [9.17, 15) is 9.59 Å². The molecule has 0 aliphatic rings. The third-order valence-corrected chi connectivity index (χ3v) is 4.80. The van der Waals surface area contributed by atoms with E-state index in [1.54, 1.807) is 24.5 Å².